The van der Waals surface area contributed by atoms with Crippen molar-refractivity contribution in [3.05, 3.63) is 95.5 Å². The quantitative estimate of drug-likeness (QED) is 0.407. The van der Waals surface area contributed by atoms with Crippen LogP contribution in [0.3, 0.4) is 0 Å². The van der Waals surface area contributed by atoms with E-state index in [9.17, 15) is 0 Å². The molecule has 5 heteroatoms. The number of hydrogen-bond donors (Lipinski definition) is 0. The number of para-hydroxylation sites is 1. The lowest BCUT2D eigenvalue weighted by molar-refractivity contribution is 0.886. The predicted octanol–water partition coefficient (Wildman–Crippen LogP) is 5.88. The fourth-order valence-corrected chi connectivity index (χ4v) is 3.84. The van der Waals surface area contributed by atoms with Crippen molar-refractivity contribution in [3.8, 4) is 17.1 Å². The molecule has 0 amide bonds. The molecule has 0 radical (unpaired) electrons. The summed E-state index contributed by atoms with van der Waals surface area (Å²) in [5, 5.41) is 10.4. The van der Waals surface area contributed by atoms with Gasteiger partial charge in [-0.05, 0) is 29.8 Å². The first kappa shape index (κ1) is 16.9. The van der Waals surface area contributed by atoms with Crippen molar-refractivity contribution in [1.82, 2.24) is 14.8 Å². The Balaban J connectivity index is 1.76. The van der Waals surface area contributed by atoms with Crippen molar-refractivity contribution >= 4 is 23.4 Å². The molecule has 0 aliphatic rings. The van der Waals surface area contributed by atoms with Crippen molar-refractivity contribution in [3.63, 3.8) is 0 Å². The van der Waals surface area contributed by atoms with Gasteiger partial charge in [0.2, 0.25) is 0 Å². The summed E-state index contributed by atoms with van der Waals surface area (Å²) in [5.74, 6) is 1.58. The summed E-state index contributed by atoms with van der Waals surface area (Å²) in [6.07, 6.45) is 0. The van der Waals surface area contributed by atoms with Crippen LogP contribution >= 0.6 is 23.4 Å². The highest BCUT2D eigenvalue weighted by atomic mass is 35.5. The molecule has 0 saturated heterocycles. The molecule has 1 aromatic heterocycles. The van der Waals surface area contributed by atoms with Crippen molar-refractivity contribution < 1.29 is 0 Å². The summed E-state index contributed by atoms with van der Waals surface area (Å²) in [4.78, 5) is 0. The third kappa shape index (κ3) is 3.52. The minimum atomic E-state index is 0.664. The molecule has 3 aromatic carbocycles. The highest BCUT2D eigenvalue weighted by Gasteiger charge is 2.17. The lowest BCUT2D eigenvalue weighted by Crippen LogP contribution is -2.00. The smallest absolute Gasteiger partial charge is 0.196 e. The van der Waals surface area contributed by atoms with Gasteiger partial charge in [-0.1, -0.05) is 84.0 Å². The maximum Gasteiger partial charge on any atom is 0.196 e. The van der Waals surface area contributed by atoms with Gasteiger partial charge in [0.15, 0.2) is 11.0 Å². The number of aromatic nitrogens is 3. The minimum absolute atomic E-state index is 0.664. The molecule has 0 atom stereocenters. The van der Waals surface area contributed by atoms with Crippen molar-refractivity contribution in [1.29, 1.82) is 0 Å². The van der Waals surface area contributed by atoms with Crippen LogP contribution in [-0.4, -0.2) is 14.8 Å². The van der Waals surface area contributed by atoms with Crippen molar-refractivity contribution in [2.75, 3.05) is 0 Å². The van der Waals surface area contributed by atoms with Gasteiger partial charge in [-0.2, -0.15) is 0 Å². The first-order valence-corrected chi connectivity index (χ1v) is 9.62. The van der Waals surface area contributed by atoms with Crippen LogP contribution in [0.1, 0.15) is 5.56 Å². The molecule has 1 heterocycles. The molecule has 3 nitrogen and oxygen atoms in total. The Hall–Kier alpha value is -2.56. The molecular formula is C21H16ClN3S. The summed E-state index contributed by atoms with van der Waals surface area (Å²) in [6.45, 7) is 0. The maximum absolute atomic E-state index is 6.41. The lowest BCUT2D eigenvalue weighted by Gasteiger charge is -2.11. The van der Waals surface area contributed by atoms with Crippen LogP contribution in [0.15, 0.2) is 90.1 Å². The molecule has 26 heavy (non-hydrogen) atoms. The van der Waals surface area contributed by atoms with E-state index < -0.39 is 0 Å². The van der Waals surface area contributed by atoms with Gasteiger partial charge in [0.05, 0.1) is 5.02 Å². The van der Waals surface area contributed by atoms with E-state index in [0.717, 1.165) is 28.0 Å². The average molecular weight is 378 g/mol. The van der Waals surface area contributed by atoms with E-state index in [1.807, 2.05) is 60.7 Å². The summed E-state index contributed by atoms with van der Waals surface area (Å²) in [7, 11) is 0. The van der Waals surface area contributed by atoms with Crippen molar-refractivity contribution in [2.45, 2.75) is 10.9 Å². The molecule has 4 aromatic rings. The first-order valence-electron chi connectivity index (χ1n) is 8.25. The number of benzene rings is 3. The van der Waals surface area contributed by atoms with Gasteiger partial charge in [-0.3, -0.25) is 4.57 Å². The third-order valence-corrected chi connectivity index (χ3v) is 5.30. The summed E-state index contributed by atoms with van der Waals surface area (Å²) in [5.41, 5.74) is 3.14. The maximum atomic E-state index is 6.41. The zero-order valence-corrected chi connectivity index (χ0v) is 15.5. The van der Waals surface area contributed by atoms with Crippen LogP contribution in [-0.2, 0) is 5.75 Å². The molecule has 0 bridgehead atoms. The van der Waals surface area contributed by atoms with Gasteiger partial charge in [0.25, 0.3) is 0 Å². The molecule has 0 spiro atoms. The molecule has 0 aliphatic carbocycles. The van der Waals surface area contributed by atoms with Crippen LogP contribution in [0.5, 0.6) is 0 Å². The molecule has 128 valence electrons. The van der Waals surface area contributed by atoms with E-state index >= 15 is 0 Å². The highest BCUT2D eigenvalue weighted by Crippen LogP contribution is 2.32. The van der Waals surface area contributed by atoms with E-state index in [2.05, 4.69) is 39.0 Å². The van der Waals surface area contributed by atoms with E-state index in [1.165, 1.54) is 5.56 Å². The summed E-state index contributed by atoms with van der Waals surface area (Å²) in [6, 6.07) is 28.2. The molecule has 0 unspecified atom stereocenters. The zero-order chi connectivity index (χ0) is 17.8. The average Bonchev–Trinajstić information content (AvgIpc) is 3.12. The molecule has 0 aliphatic heterocycles. The largest absolute Gasteiger partial charge is 0.270 e. The minimum Gasteiger partial charge on any atom is -0.270 e. The summed E-state index contributed by atoms with van der Waals surface area (Å²) >= 11 is 8.08. The van der Waals surface area contributed by atoms with E-state index in [-0.39, 0.29) is 0 Å². The Morgan fingerprint density at radius 2 is 1.42 bits per heavy atom. The second kappa shape index (κ2) is 7.77. The number of hydrogen-bond acceptors (Lipinski definition) is 3. The Bertz CT molecular complexity index is 1000. The SMILES string of the molecule is Clc1ccccc1-c1nnc(SCc2ccccc2)n1-c1ccccc1. The second-order valence-electron chi connectivity index (χ2n) is 5.73. The van der Waals surface area contributed by atoms with Gasteiger partial charge in [0, 0.05) is 17.0 Å². The summed E-state index contributed by atoms with van der Waals surface area (Å²) < 4.78 is 2.06. The number of nitrogens with zero attached hydrogens (tertiary/aromatic N) is 3. The topological polar surface area (TPSA) is 30.7 Å². The third-order valence-electron chi connectivity index (χ3n) is 3.97. The Morgan fingerprint density at radius 1 is 0.769 bits per heavy atom. The fourth-order valence-electron chi connectivity index (χ4n) is 2.71. The van der Waals surface area contributed by atoms with E-state index in [0.29, 0.717) is 5.02 Å². The van der Waals surface area contributed by atoms with Gasteiger partial charge in [-0.15, -0.1) is 10.2 Å². The normalized spacial score (nSPS) is 10.8. The first-order chi connectivity index (χ1) is 12.8. The Labute approximate surface area is 161 Å². The Kier molecular flexibility index (Phi) is 5.04. The van der Waals surface area contributed by atoms with Gasteiger partial charge in [0.1, 0.15) is 0 Å². The number of halogens is 1. The fraction of sp³-hybridized carbons (Fsp3) is 0.0476. The van der Waals surface area contributed by atoms with Crippen LogP contribution < -0.4 is 0 Å². The molecular weight excluding hydrogens is 362 g/mol. The van der Waals surface area contributed by atoms with Crippen molar-refractivity contribution in [2.24, 2.45) is 0 Å². The van der Waals surface area contributed by atoms with E-state index in [4.69, 9.17) is 11.6 Å². The molecule has 4 rings (SSSR count). The van der Waals surface area contributed by atoms with Crippen LogP contribution in [0.25, 0.3) is 17.1 Å². The van der Waals surface area contributed by atoms with Crippen LogP contribution in [0.2, 0.25) is 5.02 Å². The molecule has 0 N–H and O–H groups in total. The Morgan fingerprint density at radius 3 is 2.15 bits per heavy atom. The van der Waals surface area contributed by atoms with Crippen LogP contribution in [0.4, 0.5) is 0 Å². The van der Waals surface area contributed by atoms with Gasteiger partial charge in [-0.25, -0.2) is 0 Å². The lowest BCUT2D eigenvalue weighted by atomic mass is 10.2. The standard InChI is InChI=1S/C21H16ClN3S/c22-19-14-8-7-13-18(19)20-23-24-21(25(20)17-11-5-2-6-12-17)26-15-16-9-3-1-4-10-16/h1-14H,15H2. The van der Waals surface area contributed by atoms with Crippen LogP contribution in [0, 0.1) is 0 Å². The number of rotatable bonds is 5. The van der Waals surface area contributed by atoms with Gasteiger partial charge >= 0.3 is 0 Å². The monoisotopic (exact) mass is 377 g/mol. The highest BCUT2D eigenvalue weighted by molar-refractivity contribution is 7.98. The zero-order valence-electron chi connectivity index (χ0n) is 13.9. The second-order valence-corrected chi connectivity index (χ2v) is 7.08. The number of thioether (sulfide) groups is 1. The van der Waals surface area contributed by atoms with E-state index in [1.54, 1.807) is 11.8 Å². The van der Waals surface area contributed by atoms with Gasteiger partial charge < -0.3 is 0 Å². The molecule has 0 fully saturated rings. The molecule has 0 saturated carbocycles. The predicted molar refractivity (Wildman–Crippen MR) is 108 cm³/mol.